The number of hydrogen-bond donors (Lipinski definition) is 0. The van der Waals surface area contributed by atoms with Gasteiger partial charge in [0.05, 0.1) is 17.1 Å². The molecule has 0 N–H and O–H groups in total. The number of nitrogens with zero attached hydrogens (tertiary/aromatic N) is 2. The highest BCUT2D eigenvalue weighted by Gasteiger charge is 2.26. The minimum absolute atomic E-state index is 0.0710. The fourth-order valence-electron chi connectivity index (χ4n) is 2.36. The third kappa shape index (κ3) is 3.18. The van der Waals surface area contributed by atoms with Gasteiger partial charge in [0.1, 0.15) is 6.07 Å². The Kier molecular flexibility index (Phi) is 4.76. The number of ether oxygens (including phenoxy) is 1. The lowest BCUT2D eigenvalue weighted by atomic mass is 10.0. The van der Waals surface area contributed by atoms with E-state index < -0.39 is 10.0 Å². The monoisotopic (exact) mass is 294 g/mol. The van der Waals surface area contributed by atoms with Gasteiger partial charge in [-0.1, -0.05) is 12.1 Å². The molecule has 1 aromatic carbocycles. The molecule has 0 amide bonds. The van der Waals surface area contributed by atoms with Crippen LogP contribution in [0.2, 0.25) is 0 Å². The van der Waals surface area contributed by atoms with E-state index in [2.05, 4.69) is 0 Å². The molecule has 1 aliphatic heterocycles. The van der Waals surface area contributed by atoms with E-state index in [0.717, 1.165) is 19.4 Å². The zero-order valence-electron chi connectivity index (χ0n) is 11.4. The largest absolute Gasteiger partial charge is 0.381 e. The fraction of sp³-hybridized carbons (Fsp3) is 0.500. The van der Waals surface area contributed by atoms with Crippen LogP contribution in [0.25, 0.3) is 0 Å². The second-order valence-electron chi connectivity index (χ2n) is 4.98. The van der Waals surface area contributed by atoms with Gasteiger partial charge in [0.2, 0.25) is 10.0 Å². The standard InChI is InChI=1S/C14H18N2O3S/c1-16(10-12-5-4-8-19-11-12)20(17,18)14-7-3-2-6-13(14)9-15/h2-3,6-7,12H,4-5,8,10-11H2,1H3. The van der Waals surface area contributed by atoms with Crippen molar-refractivity contribution in [2.75, 3.05) is 26.8 Å². The van der Waals surface area contributed by atoms with E-state index in [-0.39, 0.29) is 16.4 Å². The average molecular weight is 294 g/mol. The van der Waals surface area contributed by atoms with Crippen molar-refractivity contribution in [3.8, 4) is 6.07 Å². The first kappa shape index (κ1) is 15.0. The molecule has 1 saturated heterocycles. The zero-order valence-corrected chi connectivity index (χ0v) is 12.3. The van der Waals surface area contributed by atoms with Crippen LogP contribution in [0.3, 0.4) is 0 Å². The molecule has 1 atom stereocenters. The Morgan fingerprint density at radius 1 is 1.45 bits per heavy atom. The minimum atomic E-state index is -3.63. The summed E-state index contributed by atoms with van der Waals surface area (Å²) in [5, 5.41) is 9.03. The third-order valence-corrected chi connectivity index (χ3v) is 5.35. The highest BCUT2D eigenvalue weighted by molar-refractivity contribution is 7.89. The molecule has 1 heterocycles. The first-order chi connectivity index (χ1) is 9.55. The highest BCUT2D eigenvalue weighted by Crippen LogP contribution is 2.21. The summed E-state index contributed by atoms with van der Waals surface area (Å²) in [6, 6.07) is 8.21. The Morgan fingerprint density at radius 3 is 2.85 bits per heavy atom. The van der Waals surface area contributed by atoms with Crippen LogP contribution in [0.5, 0.6) is 0 Å². The van der Waals surface area contributed by atoms with E-state index in [1.807, 2.05) is 6.07 Å². The van der Waals surface area contributed by atoms with Crippen molar-refractivity contribution in [1.29, 1.82) is 5.26 Å². The van der Waals surface area contributed by atoms with Crippen LogP contribution in [-0.4, -0.2) is 39.5 Å². The summed E-state index contributed by atoms with van der Waals surface area (Å²) in [4.78, 5) is 0.0710. The molecular formula is C14H18N2O3S. The fourth-order valence-corrected chi connectivity index (χ4v) is 3.75. The maximum atomic E-state index is 12.5. The lowest BCUT2D eigenvalue weighted by Crippen LogP contribution is -2.35. The summed E-state index contributed by atoms with van der Waals surface area (Å²) < 4.78 is 31.7. The topological polar surface area (TPSA) is 70.4 Å². The number of benzene rings is 1. The molecule has 0 bridgehead atoms. The summed E-state index contributed by atoms with van der Waals surface area (Å²) in [6.45, 7) is 1.77. The predicted octanol–water partition coefficient (Wildman–Crippen LogP) is 1.61. The van der Waals surface area contributed by atoms with Crippen molar-refractivity contribution in [3.63, 3.8) is 0 Å². The van der Waals surface area contributed by atoms with E-state index in [1.54, 1.807) is 19.2 Å². The molecule has 0 saturated carbocycles. The minimum Gasteiger partial charge on any atom is -0.381 e. The molecule has 20 heavy (non-hydrogen) atoms. The van der Waals surface area contributed by atoms with Gasteiger partial charge in [-0.25, -0.2) is 12.7 Å². The van der Waals surface area contributed by atoms with E-state index in [9.17, 15) is 8.42 Å². The highest BCUT2D eigenvalue weighted by atomic mass is 32.2. The van der Waals surface area contributed by atoms with Gasteiger partial charge >= 0.3 is 0 Å². The zero-order chi connectivity index (χ0) is 14.6. The van der Waals surface area contributed by atoms with Crippen LogP contribution < -0.4 is 0 Å². The van der Waals surface area contributed by atoms with Crippen LogP contribution in [0, 0.1) is 17.2 Å². The normalized spacial score (nSPS) is 19.8. The van der Waals surface area contributed by atoms with E-state index in [4.69, 9.17) is 10.00 Å². The van der Waals surface area contributed by atoms with Gasteiger partial charge < -0.3 is 4.74 Å². The predicted molar refractivity (Wildman–Crippen MR) is 74.5 cm³/mol. The van der Waals surface area contributed by atoms with Crippen molar-refractivity contribution in [3.05, 3.63) is 29.8 Å². The van der Waals surface area contributed by atoms with Crippen LogP contribution in [0.4, 0.5) is 0 Å². The van der Waals surface area contributed by atoms with Gasteiger partial charge in [0, 0.05) is 20.2 Å². The molecule has 0 aromatic heterocycles. The third-order valence-electron chi connectivity index (χ3n) is 3.47. The number of rotatable bonds is 4. The molecule has 6 heteroatoms. The van der Waals surface area contributed by atoms with Crippen molar-refractivity contribution in [1.82, 2.24) is 4.31 Å². The Hall–Kier alpha value is -1.42. The molecule has 0 radical (unpaired) electrons. The van der Waals surface area contributed by atoms with Gasteiger partial charge in [-0.3, -0.25) is 0 Å². The van der Waals surface area contributed by atoms with Gasteiger partial charge in [-0.05, 0) is 30.9 Å². The summed E-state index contributed by atoms with van der Waals surface area (Å²) in [6.07, 6.45) is 1.94. The lowest BCUT2D eigenvalue weighted by Gasteiger charge is -2.26. The van der Waals surface area contributed by atoms with Gasteiger partial charge in [-0.15, -0.1) is 0 Å². The van der Waals surface area contributed by atoms with Crippen LogP contribution >= 0.6 is 0 Å². The van der Waals surface area contributed by atoms with Crippen molar-refractivity contribution in [2.45, 2.75) is 17.7 Å². The quantitative estimate of drug-likeness (QED) is 0.846. The molecule has 1 fully saturated rings. The van der Waals surface area contributed by atoms with E-state index in [1.165, 1.54) is 16.4 Å². The second kappa shape index (κ2) is 6.35. The molecule has 1 aliphatic rings. The molecule has 5 nitrogen and oxygen atoms in total. The van der Waals surface area contributed by atoms with Crippen LogP contribution in [0.15, 0.2) is 29.2 Å². The molecular weight excluding hydrogens is 276 g/mol. The molecule has 1 unspecified atom stereocenters. The number of sulfonamides is 1. The smallest absolute Gasteiger partial charge is 0.244 e. The molecule has 1 aromatic rings. The Bertz CT molecular complexity index is 601. The Morgan fingerprint density at radius 2 is 2.20 bits per heavy atom. The van der Waals surface area contributed by atoms with Crippen LogP contribution in [-0.2, 0) is 14.8 Å². The maximum Gasteiger partial charge on any atom is 0.244 e. The second-order valence-corrected chi connectivity index (χ2v) is 6.99. The Labute approximate surface area is 119 Å². The van der Waals surface area contributed by atoms with Crippen molar-refractivity contribution >= 4 is 10.0 Å². The molecule has 108 valence electrons. The van der Waals surface area contributed by atoms with Crippen LogP contribution in [0.1, 0.15) is 18.4 Å². The summed E-state index contributed by atoms with van der Waals surface area (Å²) >= 11 is 0. The van der Waals surface area contributed by atoms with Gasteiger partial charge in [-0.2, -0.15) is 5.26 Å². The van der Waals surface area contributed by atoms with E-state index >= 15 is 0 Å². The molecule has 0 aliphatic carbocycles. The average Bonchev–Trinajstić information content (AvgIpc) is 2.48. The van der Waals surface area contributed by atoms with Crippen molar-refractivity contribution in [2.24, 2.45) is 5.92 Å². The number of nitriles is 1. The summed E-state index contributed by atoms with van der Waals surface area (Å²) in [7, 11) is -2.07. The maximum absolute atomic E-state index is 12.5. The lowest BCUT2D eigenvalue weighted by molar-refractivity contribution is 0.0495. The van der Waals surface area contributed by atoms with Gasteiger partial charge in [0.15, 0.2) is 0 Å². The Balaban J connectivity index is 2.19. The first-order valence-corrected chi connectivity index (χ1v) is 8.03. The summed E-state index contributed by atoms with van der Waals surface area (Å²) in [5.41, 5.74) is 0.180. The van der Waals surface area contributed by atoms with E-state index in [0.29, 0.717) is 13.2 Å². The molecule has 0 spiro atoms. The van der Waals surface area contributed by atoms with Gasteiger partial charge in [0.25, 0.3) is 0 Å². The summed E-state index contributed by atoms with van der Waals surface area (Å²) in [5.74, 6) is 0.220. The molecule has 2 rings (SSSR count). The van der Waals surface area contributed by atoms with Crippen molar-refractivity contribution < 1.29 is 13.2 Å². The SMILES string of the molecule is CN(CC1CCCOC1)S(=O)(=O)c1ccccc1C#N. The number of hydrogen-bond acceptors (Lipinski definition) is 4. The first-order valence-electron chi connectivity index (χ1n) is 6.59.